The summed E-state index contributed by atoms with van der Waals surface area (Å²) < 4.78 is 49.0. The summed E-state index contributed by atoms with van der Waals surface area (Å²) in [6.07, 6.45) is -2.59. The van der Waals surface area contributed by atoms with E-state index in [0.29, 0.717) is 29.2 Å². The normalized spacial score (nSPS) is 13.9. The molecule has 0 bridgehead atoms. The first-order chi connectivity index (χ1) is 13.3. The molecule has 28 heavy (non-hydrogen) atoms. The lowest BCUT2D eigenvalue weighted by Crippen LogP contribution is -2.32. The van der Waals surface area contributed by atoms with Gasteiger partial charge in [0.05, 0.1) is 19.3 Å². The van der Waals surface area contributed by atoms with Crippen LogP contribution in [-0.4, -0.2) is 30.6 Å². The van der Waals surface area contributed by atoms with Gasteiger partial charge in [-0.3, -0.25) is 4.79 Å². The van der Waals surface area contributed by atoms with Crippen LogP contribution in [0.25, 0.3) is 0 Å². The summed E-state index contributed by atoms with van der Waals surface area (Å²) >= 11 is 0. The third-order valence-electron chi connectivity index (χ3n) is 4.59. The van der Waals surface area contributed by atoms with Crippen molar-refractivity contribution >= 4 is 5.91 Å². The Morgan fingerprint density at radius 1 is 1.11 bits per heavy atom. The fourth-order valence-corrected chi connectivity index (χ4v) is 2.99. The van der Waals surface area contributed by atoms with E-state index < -0.39 is 11.7 Å². The molecule has 150 valence electrons. The van der Waals surface area contributed by atoms with Crippen LogP contribution in [0, 0.1) is 0 Å². The van der Waals surface area contributed by atoms with Gasteiger partial charge < -0.3 is 14.4 Å². The van der Waals surface area contributed by atoms with Crippen molar-refractivity contribution in [3.63, 3.8) is 0 Å². The molecule has 0 aromatic heterocycles. The molecule has 0 atom stereocenters. The summed E-state index contributed by atoms with van der Waals surface area (Å²) in [5, 5.41) is 0. The van der Waals surface area contributed by atoms with Crippen molar-refractivity contribution in [3.05, 3.63) is 59.2 Å². The molecule has 2 aromatic carbocycles. The second-order valence-electron chi connectivity index (χ2n) is 6.66. The highest BCUT2D eigenvalue weighted by atomic mass is 19.4. The molecule has 4 nitrogen and oxygen atoms in total. The number of ether oxygens (including phenoxy) is 2. The molecule has 0 spiro atoms. The van der Waals surface area contributed by atoms with Gasteiger partial charge in [-0.2, -0.15) is 13.2 Å². The standard InChI is InChI=1S/C21H22F3NO3/c1-3-28-18-11-6-15(12-19(18)27-2)20(26)25(17-9-10-17)13-14-4-7-16(8-5-14)21(22,23)24/h4-8,11-12,17H,3,9-10,13H2,1-2H3. The van der Waals surface area contributed by atoms with Crippen molar-refractivity contribution < 1.29 is 27.4 Å². The number of benzene rings is 2. The number of carbonyl (C=O) groups excluding carboxylic acids is 1. The van der Waals surface area contributed by atoms with Crippen molar-refractivity contribution in [1.82, 2.24) is 4.90 Å². The van der Waals surface area contributed by atoms with E-state index in [4.69, 9.17) is 9.47 Å². The highest BCUT2D eigenvalue weighted by molar-refractivity contribution is 5.95. The lowest BCUT2D eigenvalue weighted by molar-refractivity contribution is -0.137. The van der Waals surface area contributed by atoms with Crippen LogP contribution < -0.4 is 9.47 Å². The molecule has 2 aromatic rings. The SMILES string of the molecule is CCOc1ccc(C(=O)N(Cc2ccc(C(F)(F)F)cc2)C2CC2)cc1OC. The van der Waals surface area contributed by atoms with E-state index in [1.807, 2.05) is 6.92 Å². The molecule has 1 saturated carbocycles. The third-order valence-corrected chi connectivity index (χ3v) is 4.59. The number of rotatable bonds is 7. The number of hydrogen-bond acceptors (Lipinski definition) is 3. The second kappa shape index (κ2) is 8.12. The number of amides is 1. The van der Waals surface area contributed by atoms with Crippen LogP contribution >= 0.6 is 0 Å². The van der Waals surface area contributed by atoms with Gasteiger partial charge in [0.15, 0.2) is 11.5 Å². The molecule has 1 aliphatic carbocycles. The number of halogens is 3. The molecular weight excluding hydrogens is 371 g/mol. The Hall–Kier alpha value is -2.70. The van der Waals surface area contributed by atoms with Gasteiger partial charge in [0, 0.05) is 18.2 Å². The quantitative estimate of drug-likeness (QED) is 0.670. The molecule has 7 heteroatoms. The molecule has 1 aliphatic rings. The van der Waals surface area contributed by atoms with Crippen molar-refractivity contribution in [2.75, 3.05) is 13.7 Å². The average Bonchev–Trinajstić information content (AvgIpc) is 3.51. The Labute approximate surface area is 161 Å². The van der Waals surface area contributed by atoms with Crippen LogP contribution in [-0.2, 0) is 12.7 Å². The fraction of sp³-hybridized carbons (Fsp3) is 0.381. The van der Waals surface area contributed by atoms with Gasteiger partial charge in [-0.05, 0) is 55.7 Å². The smallest absolute Gasteiger partial charge is 0.416 e. The van der Waals surface area contributed by atoms with Crippen molar-refractivity contribution in [2.24, 2.45) is 0 Å². The maximum Gasteiger partial charge on any atom is 0.416 e. The minimum Gasteiger partial charge on any atom is -0.493 e. The number of carbonyl (C=O) groups is 1. The van der Waals surface area contributed by atoms with Gasteiger partial charge in [0.1, 0.15) is 0 Å². The van der Waals surface area contributed by atoms with E-state index in [9.17, 15) is 18.0 Å². The van der Waals surface area contributed by atoms with Crippen LogP contribution in [0.15, 0.2) is 42.5 Å². The van der Waals surface area contributed by atoms with Crippen molar-refractivity contribution in [2.45, 2.75) is 38.5 Å². The zero-order chi connectivity index (χ0) is 20.3. The summed E-state index contributed by atoms with van der Waals surface area (Å²) in [7, 11) is 1.51. The van der Waals surface area contributed by atoms with E-state index in [-0.39, 0.29) is 18.5 Å². The first-order valence-electron chi connectivity index (χ1n) is 9.11. The summed E-state index contributed by atoms with van der Waals surface area (Å²) in [6, 6.07) is 10.0. The van der Waals surface area contributed by atoms with Crippen molar-refractivity contribution in [3.8, 4) is 11.5 Å². The molecule has 1 amide bonds. The Kier molecular flexibility index (Phi) is 5.82. The lowest BCUT2D eigenvalue weighted by atomic mass is 10.1. The predicted octanol–water partition coefficient (Wildman–Crippen LogP) is 4.92. The zero-order valence-corrected chi connectivity index (χ0v) is 15.8. The molecule has 0 saturated heterocycles. The molecule has 3 rings (SSSR count). The van der Waals surface area contributed by atoms with Crippen LogP contribution in [0.4, 0.5) is 13.2 Å². The highest BCUT2D eigenvalue weighted by Gasteiger charge is 2.34. The largest absolute Gasteiger partial charge is 0.493 e. The number of alkyl halides is 3. The number of nitrogens with zero attached hydrogens (tertiary/aromatic N) is 1. The van der Waals surface area contributed by atoms with E-state index >= 15 is 0 Å². The monoisotopic (exact) mass is 393 g/mol. The Morgan fingerprint density at radius 3 is 2.32 bits per heavy atom. The molecule has 0 aliphatic heterocycles. The Balaban J connectivity index is 1.80. The lowest BCUT2D eigenvalue weighted by Gasteiger charge is -2.23. The summed E-state index contributed by atoms with van der Waals surface area (Å²) in [6.45, 7) is 2.60. The first-order valence-corrected chi connectivity index (χ1v) is 9.11. The van der Waals surface area contributed by atoms with Crippen LogP contribution in [0.3, 0.4) is 0 Å². The van der Waals surface area contributed by atoms with E-state index in [2.05, 4.69) is 0 Å². The number of methoxy groups -OCH3 is 1. The average molecular weight is 393 g/mol. The van der Waals surface area contributed by atoms with Gasteiger partial charge in [-0.25, -0.2) is 0 Å². The van der Waals surface area contributed by atoms with Crippen molar-refractivity contribution in [1.29, 1.82) is 0 Å². The molecule has 0 N–H and O–H groups in total. The van der Waals surface area contributed by atoms with Crippen LogP contribution in [0.5, 0.6) is 11.5 Å². The Morgan fingerprint density at radius 2 is 1.79 bits per heavy atom. The summed E-state index contributed by atoms with van der Waals surface area (Å²) in [4.78, 5) is 14.7. The molecule has 0 radical (unpaired) electrons. The maximum absolute atomic E-state index is 13.0. The molecule has 1 fully saturated rings. The fourth-order valence-electron chi connectivity index (χ4n) is 2.99. The third kappa shape index (κ3) is 4.58. The van der Waals surface area contributed by atoms with Gasteiger partial charge >= 0.3 is 6.18 Å². The second-order valence-corrected chi connectivity index (χ2v) is 6.66. The van der Waals surface area contributed by atoms with Gasteiger partial charge in [-0.1, -0.05) is 12.1 Å². The van der Waals surface area contributed by atoms with E-state index in [0.717, 1.165) is 25.0 Å². The number of hydrogen-bond donors (Lipinski definition) is 0. The van der Waals surface area contributed by atoms with Crippen LogP contribution in [0.2, 0.25) is 0 Å². The minimum atomic E-state index is -4.37. The van der Waals surface area contributed by atoms with E-state index in [1.165, 1.54) is 19.2 Å². The summed E-state index contributed by atoms with van der Waals surface area (Å²) in [5.41, 5.74) is 0.419. The zero-order valence-electron chi connectivity index (χ0n) is 15.8. The maximum atomic E-state index is 13.0. The summed E-state index contributed by atoms with van der Waals surface area (Å²) in [5.74, 6) is 0.851. The molecule has 0 unspecified atom stereocenters. The minimum absolute atomic E-state index is 0.104. The van der Waals surface area contributed by atoms with Crippen LogP contribution in [0.1, 0.15) is 41.3 Å². The van der Waals surface area contributed by atoms with Gasteiger partial charge in [0.25, 0.3) is 5.91 Å². The Bertz CT molecular complexity index is 830. The molecule has 0 heterocycles. The van der Waals surface area contributed by atoms with E-state index in [1.54, 1.807) is 23.1 Å². The first kappa shape index (κ1) is 20.0. The highest BCUT2D eigenvalue weighted by Crippen LogP contribution is 2.34. The predicted molar refractivity (Wildman–Crippen MR) is 98.5 cm³/mol. The molecular formula is C21H22F3NO3. The van der Waals surface area contributed by atoms with Gasteiger partial charge in [-0.15, -0.1) is 0 Å². The topological polar surface area (TPSA) is 38.8 Å². The van der Waals surface area contributed by atoms with Gasteiger partial charge in [0.2, 0.25) is 0 Å².